The first-order chi connectivity index (χ1) is 9.42. The summed E-state index contributed by atoms with van der Waals surface area (Å²) in [6.45, 7) is 3.28. The molecule has 4 N–H and O–H groups in total. The third-order valence-corrected chi connectivity index (χ3v) is 2.62. The van der Waals surface area contributed by atoms with Crippen molar-refractivity contribution in [3.8, 4) is 5.75 Å². The lowest BCUT2D eigenvalue weighted by Crippen LogP contribution is -2.19. The Balaban J connectivity index is 0.00000400. The summed E-state index contributed by atoms with van der Waals surface area (Å²) in [5, 5.41) is 5.42. The molecule has 2 amide bonds. The number of carbonyl (C=O) groups excluding carboxylic acids is 2. The minimum atomic E-state index is -0.183. The molecule has 0 radical (unpaired) electrons. The van der Waals surface area contributed by atoms with Crippen molar-refractivity contribution in [1.29, 1.82) is 0 Å². The van der Waals surface area contributed by atoms with Crippen LogP contribution in [0.2, 0.25) is 0 Å². The fourth-order valence-electron chi connectivity index (χ4n) is 1.64. The molecule has 7 heteroatoms. The van der Waals surface area contributed by atoms with Crippen molar-refractivity contribution < 1.29 is 14.3 Å². The highest BCUT2D eigenvalue weighted by atomic mass is 35.5. The van der Waals surface area contributed by atoms with Crippen LogP contribution in [0.5, 0.6) is 5.75 Å². The third kappa shape index (κ3) is 6.97. The van der Waals surface area contributed by atoms with Crippen molar-refractivity contribution in [1.82, 2.24) is 0 Å². The standard InChI is InChI=1S/C14H21N3O3.ClH/c1-9(15)4-7-14(19)17-11-5-6-12(16-10(2)18)13(8-11)20-3;/h5-6,8-9H,4,7,15H2,1-3H3,(H,16,18)(H,17,19);1H. The molecule has 0 saturated carbocycles. The predicted molar refractivity (Wildman–Crippen MR) is 86.1 cm³/mol. The Kier molecular flexibility index (Phi) is 8.42. The summed E-state index contributed by atoms with van der Waals surface area (Å²) in [6, 6.07) is 5.05. The summed E-state index contributed by atoms with van der Waals surface area (Å²) >= 11 is 0. The van der Waals surface area contributed by atoms with Gasteiger partial charge in [-0.3, -0.25) is 9.59 Å². The van der Waals surface area contributed by atoms with Crippen LogP contribution >= 0.6 is 12.4 Å². The summed E-state index contributed by atoms with van der Waals surface area (Å²) in [7, 11) is 1.50. The van der Waals surface area contributed by atoms with Gasteiger partial charge in [-0.1, -0.05) is 0 Å². The first kappa shape index (κ1) is 19.2. The molecule has 0 spiro atoms. The van der Waals surface area contributed by atoms with E-state index < -0.39 is 0 Å². The van der Waals surface area contributed by atoms with Crippen LogP contribution in [-0.4, -0.2) is 25.0 Å². The average Bonchev–Trinajstić information content (AvgIpc) is 2.37. The van der Waals surface area contributed by atoms with Gasteiger partial charge in [0, 0.05) is 31.1 Å². The molecule has 0 saturated heterocycles. The third-order valence-electron chi connectivity index (χ3n) is 2.62. The number of nitrogens with one attached hydrogen (secondary N) is 2. The highest BCUT2D eigenvalue weighted by molar-refractivity contribution is 5.93. The van der Waals surface area contributed by atoms with E-state index in [1.807, 2.05) is 6.92 Å². The van der Waals surface area contributed by atoms with E-state index in [0.29, 0.717) is 30.0 Å². The smallest absolute Gasteiger partial charge is 0.224 e. The zero-order chi connectivity index (χ0) is 15.1. The number of anilines is 2. The van der Waals surface area contributed by atoms with E-state index in [1.54, 1.807) is 18.2 Å². The van der Waals surface area contributed by atoms with Gasteiger partial charge in [-0.25, -0.2) is 0 Å². The van der Waals surface area contributed by atoms with Crippen molar-refractivity contribution >= 4 is 35.6 Å². The number of amides is 2. The number of halogens is 1. The van der Waals surface area contributed by atoms with Crippen LogP contribution in [0.25, 0.3) is 0 Å². The van der Waals surface area contributed by atoms with Crippen LogP contribution in [0.3, 0.4) is 0 Å². The number of hydrogen-bond acceptors (Lipinski definition) is 4. The van der Waals surface area contributed by atoms with Gasteiger partial charge in [-0.2, -0.15) is 0 Å². The largest absolute Gasteiger partial charge is 0.494 e. The van der Waals surface area contributed by atoms with Gasteiger partial charge in [0.25, 0.3) is 0 Å². The minimum absolute atomic E-state index is 0. The molecule has 118 valence electrons. The molecule has 0 aliphatic heterocycles. The number of benzene rings is 1. The second-order valence-corrected chi connectivity index (χ2v) is 4.66. The molecule has 21 heavy (non-hydrogen) atoms. The second-order valence-electron chi connectivity index (χ2n) is 4.66. The number of methoxy groups -OCH3 is 1. The zero-order valence-electron chi connectivity index (χ0n) is 12.4. The summed E-state index contributed by atoms with van der Waals surface area (Å²) in [6.07, 6.45) is 1.00. The maximum absolute atomic E-state index is 11.7. The molecule has 1 rings (SSSR count). The topological polar surface area (TPSA) is 93.4 Å². The Morgan fingerprint density at radius 1 is 1.33 bits per heavy atom. The van der Waals surface area contributed by atoms with Crippen LogP contribution in [0.15, 0.2) is 18.2 Å². The van der Waals surface area contributed by atoms with Crippen LogP contribution in [0, 0.1) is 0 Å². The van der Waals surface area contributed by atoms with E-state index in [1.165, 1.54) is 14.0 Å². The maximum Gasteiger partial charge on any atom is 0.224 e. The number of nitrogens with two attached hydrogens (primary N) is 1. The first-order valence-electron chi connectivity index (χ1n) is 6.43. The first-order valence-corrected chi connectivity index (χ1v) is 6.43. The van der Waals surface area contributed by atoms with E-state index in [0.717, 1.165) is 0 Å². The van der Waals surface area contributed by atoms with E-state index in [2.05, 4.69) is 10.6 Å². The Bertz CT molecular complexity index is 492. The monoisotopic (exact) mass is 315 g/mol. The lowest BCUT2D eigenvalue weighted by Gasteiger charge is -2.12. The highest BCUT2D eigenvalue weighted by Gasteiger charge is 2.08. The van der Waals surface area contributed by atoms with Gasteiger partial charge >= 0.3 is 0 Å². The normalized spacial score (nSPS) is 11.0. The molecule has 1 aromatic rings. The van der Waals surface area contributed by atoms with Gasteiger partial charge in [-0.15, -0.1) is 12.4 Å². The summed E-state index contributed by atoms with van der Waals surface area (Å²) in [4.78, 5) is 22.7. The van der Waals surface area contributed by atoms with Crippen LogP contribution in [0.4, 0.5) is 11.4 Å². The molecular formula is C14H22ClN3O3. The van der Waals surface area contributed by atoms with Gasteiger partial charge in [-0.05, 0) is 25.5 Å². The molecule has 0 fully saturated rings. The zero-order valence-corrected chi connectivity index (χ0v) is 13.3. The van der Waals surface area contributed by atoms with E-state index in [4.69, 9.17) is 10.5 Å². The lowest BCUT2D eigenvalue weighted by atomic mass is 10.2. The lowest BCUT2D eigenvalue weighted by molar-refractivity contribution is -0.116. The molecule has 1 atom stereocenters. The SMILES string of the molecule is COc1cc(NC(=O)CCC(C)N)ccc1NC(C)=O.Cl. The van der Waals surface area contributed by atoms with Crippen molar-refractivity contribution in [3.05, 3.63) is 18.2 Å². The van der Waals surface area contributed by atoms with Gasteiger partial charge in [0.1, 0.15) is 5.75 Å². The summed E-state index contributed by atoms with van der Waals surface area (Å²) < 4.78 is 5.18. The number of ether oxygens (including phenoxy) is 1. The molecular weight excluding hydrogens is 294 g/mol. The molecule has 0 aliphatic carbocycles. The maximum atomic E-state index is 11.7. The average molecular weight is 316 g/mol. The molecule has 0 aromatic heterocycles. The Hall–Kier alpha value is -1.79. The molecule has 1 aromatic carbocycles. The van der Waals surface area contributed by atoms with Gasteiger partial charge in [0.15, 0.2) is 0 Å². The van der Waals surface area contributed by atoms with Gasteiger partial charge in [0.2, 0.25) is 11.8 Å². The molecule has 0 aliphatic rings. The van der Waals surface area contributed by atoms with Crippen molar-refractivity contribution in [2.24, 2.45) is 5.73 Å². The molecule has 1 unspecified atom stereocenters. The Morgan fingerprint density at radius 3 is 2.52 bits per heavy atom. The van der Waals surface area contributed by atoms with Crippen molar-refractivity contribution in [3.63, 3.8) is 0 Å². The van der Waals surface area contributed by atoms with Gasteiger partial charge in [0.05, 0.1) is 12.8 Å². The highest BCUT2D eigenvalue weighted by Crippen LogP contribution is 2.28. The fourth-order valence-corrected chi connectivity index (χ4v) is 1.64. The number of carbonyl (C=O) groups is 2. The fraction of sp³-hybridized carbons (Fsp3) is 0.429. The predicted octanol–water partition coefficient (Wildman–Crippen LogP) is 2.14. The summed E-state index contributed by atoms with van der Waals surface area (Å²) in [5.41, 5.74) is 6.79. The molecule has 6 nitrogen and oxygen atoms in total. The minimum Gasteiger partial charge on any atom is -0.494 e. The quantitative estimate of drug-likeness (QED) is 0.749. The Morgan fingerprint density at radius 2 is 2.00 bits per heavy atom. The van der Waals surface area contributed by atoms with Crippen molar-refractivity contribution in [2.45, 2.75) is 32.7 Å². The number of hydrogen-bond donors (Lipinski definition) is 3. The van der Waals surface area contributed by atoms with Crippen LogP contribution in [-0.2, 0) is 9.59 Å². The van der Waals surface area contributed by atoms with E-state index >= 15 is 0 Å². The van der Waals surface area contributed by atoms with Crippen LogP contribution in [0.1, 0.15) is 26.7 Å². The van der Waals surface area contributed by atoms with Gasteiger partial charge < -0.3 is 21.1 Å². The second kappa shape index (κ2) is 9.20. The molecule has 0 heterocycles. The van der Waals surface area contributed by atoms with Crippen LogP contribution < -0.4 is 21.1 Å². The van der Waals surface area contributed by atoms with Crippen molar-refractivity contribution in [2.75, 3.05) is 17.7 Å². The number of rotatable bonds is 6. The molecule has 0 bridgehead atoms. The van der Waals surface area contributed by atoms with E-state index in [-0.39, 0.29) is 30.3 Å². The summed E-state index contributed by atoms with van der Waals surface area (Å²) in [5.74, 6) is 0.207. The van der Waals surface area contributed by atoms with E-state index in [9.17, 15) is 9.59 Å². The Labute approximate surface area is 130 Å².